The Labute approximate surface area is 156 Å². The number of halogens is 3. The first-order valence-corrected chi connectivity index (χ1v) is 8.75. The highest BCUT2D eigenvalue weighted by atomic mass is 19.4. The molecule has 1 aliphatic heterocycles. The van der Waals surface area contributed by atoms with Crippen LogP contribution < -0.4 is 5.32 Å². The van der Waals surface area contributed by atoms with Gasteiger partial charge in [0.2, 0.25) is 0 Å². The zero-order valence-electron chi connectivity index (χ0n) is 15.4. The maximum Gasteiger partial charge on any atom is 0.416 e. The first kappa shape index (κ1) is 21.2. The number of nitrogens with zero attached hydrogens (tertiary/aromatic N) is 2. The second kappa shape index (κ2) is 9.70. The highest BCUT2D eigenvalue weighted by Crippen LogP contribution is 2.29. The van der Waals surface area contributed by atoms with Gasteiger partial charge in [0.1, 0.15) is 0 Å². The minimum absolute atomic E-state index is 0.000621. The lowest BCUT2D eigenvalue weighted by molar-refractivity contribution is -0.137. The second-order valence-electron chi connectivity index (χ2n) is 6.34. The van der Waals surface area contributed by atoms with Crippen molar-refractivity contribution in [3.8, 4) is 0 Å². The van der Waals surface area contributed by atoms with Crippen LogP contribution in [0.4, 0.5) is 13.2 Å². The number of rotatable bonds is 5. The molecule has 1 saturated heterocycles. The topological polar surface area (TPSA) is 63.2 Å². The number of morpholine rings is 1. The Morgan fingerprint density at radius 3 is 2.67 bits per heavy atom. The number of carbonyl (C=O) groups is 1. The molecule has 0 bridgehead atoms. The minimum atomic E-state index is -4.51. The van der Waals surface area contributed by atoms with Crippen LogP contribution in [-0.2, 0) is 15.7 Å². The highest BCUT2D eigenvalue weighted by Gasteiger charge is 2.31. The van der Waals surface area contributed by atoms with E-state index < -0.39 is 17.6 Å². The van der Waals surface area contributed by atoms with Crippen molar-refractivity contribution in [1.82, 2.24) is 10.2 Å². The molecule has 0 radical (unpaired) electrons. The summed E-state index contributed by atoms with van der Waals surface area (Å²) in [5.41, 5.74) is -0.996. The number of amidine groups is 1. The SMILES string of the molecule is CC(C)OC(=NCCN1CCOCC1)NC(=O)c1cccc(C(F)(F)F)c1. The van der Waals surface area contributed by atoms with Gasteiger partial charge in [0.05, 0.1) is 31.4 Å². The van der Waals surface area contributed by atoms with Gasteiger partial charge in [-0.15, -0.1) is 0 Å². The number of hydrogen-bond acceptors (Lipinski definition) is 5. The van der Waals surface area contributed by atoms with Crippen LogP contribution in [0.3, 0.4) is 0 Å². The Kier molecular flexibility index (Phi) is 7.61. The predicted molar refractivity (Wildman–Crippen MR) is 94.7 cm³/mol. The molecule has 0 unspecified atom stereocenters. The molecule has 1 aliphatic rings. The second-order valence-corrected chi connectivity index (χ2v) is 6.34. The third kappa shape index (κ3) is 7.18. The molecule has 1 heterocycles. The standard InChI is InChI=1S/C18H24F3N3O3/c1-13(2)27-17(22-6-7-24-8-10-26-11-9-24)23-16(25)14-4-3-5-15(12-14)18(19,20)21/h3-5,12-13H,6-11H2,1-2H3,(H,22,23,25). The van der Waals surface area contributed by atoms with E-state index in [1.165, 1.54) is 12.1 Å². The number of aliphatic imine (C=N–C) groups is 1. The van der Waals surface area contributed by atoms with Crippen LogP contribution in [0.1, 0.15) is 29.8 Å². The van der Waals surface area contributed by atoms with E-state index in [1.807, 2.05) is 0 Å². The number of ether oxygens (including phenoxy) is 2. The summed E-state index contributed by atoms with van der Waals surface area (Å²) < 4.78 is 49.2. The van der Waals surface area contributed by atoms with Crippen LogP contribution >= 0.6 is 0 Å². The van der Waals surface area contributed by atoms with Crippen LogP contribution in [0.5, 0.6) is 0 Å². The molecule has 1 aromatic carbocycles. The molecule has 1 fully saturated rings. The molecule has 1 aromatic rings. The number of benzene rings is 1. The molecule has 9 heteroatoms. The van der Waals surface area contributed by atoms with Gasteiger partial charge in [-0.1, -0.05) is 6.07 Å². The van der Waals surface area contributed by atoms with Crippen molar-refractivity contribution in [1.29, 1.82) is 0 Å². The third-order valence-corrected chi connectivity index (χ3v) is 3.80. The summed E-state index contributed by atoms with van der Waals surface area (Å²) in [4.78, 5) is 18.7. The summed E-state index contributed by atoms with van der Waals surface area (Å²) in [7, 11) is 0. The first-order valence-electron chi connectivity index (χ1n) is 8.75. The van der Waals surface area contributed by atoms with Crippen molar-refractivity contribution in [2.24, 2.45) is 4.99 Å². The van der Waals surface area contributed by atoms with Gasteiger partial charge in [-0.05, 0) is 32.0 Å². The summed E-state index contributed by atoms with van der Waals surface area (Å²) in [5, 5.41) is 2.46. The zero-order chi connectivity index (χ0) is 19.9. The van der Waals surface area contributed by atoms with Crippen LogP contribution in [0.15, 0.2) is 29.3 Å². The molecule has 27 heavy (non-hydrogen) atoms. The van der Waals surface area contributed by atoms with E-state index in [0.717, 1.165) is 25.2 Å². The fourth-order valence-corrected chi connectivity index (χ4v) is 2.45. The maximum atomic E-state index is 12.8. The van der Waals surface area contributed by atoms with Crippen LogP contribution in [0.2, 0.25) is 0 Å². The fourth-order valence-electron chi connectivity index (χ4n) is 2.45. The number of alkyl halides is 3. The minimum Gasteiger partial charge on any atom is -0.462 e. The molecule has 0 aromatic heterocycles. The van der Waals surface area contributed by atoms with Crippen molar-refractivity contribution in [3.05, 3.63) is 35.4 Å². The molecular formula is C18H24F3N3O3. The quantitative estimate of drug-likeness (QED) is 0.623. The Balaban J connectivity index is 2.01. The lowest BCUT2D eigenvalue weighted by atomic mass is 10.1. The molecule has 0 atom stereocenters. The van der Waals surface area contributed by atoms with Gasteiger partial charge in [-0.2, -0.15) is 13.2 Å². The van der Waals surface area contributed by atoms with Crippen LogP contribution in [0.25, 0.3) is 0 Å². The van der Waals surface area contributed by atoms with Gasteiger partial charge >= 0.3 is 6.18 Å². The highest BCUT2D eigenvalue weighted by molar-refractivity contribution is 6.04. The Morgan fingerprint density at radius 1 is 1.33 bits per heavy atom. The molecule has 1 N–H and O–H groups in total. The summed E-state index contributed by atoms with van der Waals surface area (Å²) in [5.74, 6) is -0.702. The third-order valence-electron chi connectivity index (χ3n) is 3.80. The molecule has 0 aliphatic carbocycles. The molecule has 1 amide bonds. The van der Waals surface area contributed by atoms with Crippen LogP contribution in [-0.4, -0.2) is 62.3 Å². The molecular weight excluding hydrogens is 363 g/mol. The lowest BCUT2D eigenvalue weighted by Gasteiger charge is -2.25. The fraction of sp³-hybridized carbons (Fsp3) is 0.556. The van der Waals surface area contributed by atoms with Crippen molar-refractivity contribution < 1.29 is 27.4 Å². The normalized spacial score (nSPS) is 16.4. The van der Waals surface area contributed by atoms with Crippen molar-refractivity contribution in [2.45, 2.75) is 26.1 Å². The number of carbonyl (C=O) groups excluding carboxylic acids is 1. The zero-order valence-corrected chi connectivity index (χ0v) is 15.4. The first-order chi connectivity index (χ1) is 12.8. The molecule has 6 nitrogen and oxygen atoms in total. The van der Waals surface area contributed by atoms with Gasteiger partial charge in [-0.3, -0.25) is 15.0 Å². The monoisotopic (exact) mass is 387 g/mol. The van der Waals surface area contributed by atoms with E-state index in [-0.39, 0.29) is 17.7 Å². The van der Waals surface area contributed by atoms with E-state index in [9.17, 15) is 18.0 Å². The summed E-state index contributed by atoms with van der Waals surface area (Å²) >= 11 is 0. The summed E-state index contributed by atoms with van der Waals surface area (Å²) in [6.07, 6.45) is -4.76. The molecule has 0 saturated carbocycles. The van der Waals surface area contributed by atoms with E-state index in [4.69, 9.17) is 9.47 Å². The molecule has 2 rings (SSSR count). The van der Waals surface area contributed by atoms with E-state index in [0.29, 0.717) is 26.3 Å². The Hall–Kier alpha value is -2.13. The smallest absolute Gasteiger partial charge is 0.416 e. The average molecular weight is 387 g/mol. The lowest BCUT2D eigenvalue weighted by Crippen LogP contribution is -2.39. The Bertz CT molecular complexity index is 657. The maximum absolute atomic E-state index is 12.8. The van der Waals surface area contributed by atoms with Crippen LogP contribution in [0, 0.1) is 0 Å². The van der Waals surface area contributed by atoms with Gasteiger partial charge < -0.3 is 9.47 Å². The predicted octanol–water partition coefficient (Wildman–Crippen LogP) is 2.55. The van der Waals surface area contributed by atoms with E-state index in [1.54, 1.807) is 13.8 Å². The number of amides is 1. The van der Waals surface area contributed by atoms with E-state index in [2.05, 4.69) is 15.2 Å². The van der Waals surface area contributed by atoms with Crippen molar-refractivity contribution in [3.63, 3.8) is 0 Å². The van der Waals surface area contributed by atoms with Gasteiger partial charge in [0.15, 0.2) is 0 Å². The van der Waals surface area contributed by atoms with Crippen molar-refractivity contribution >= 4 is 11.9 Å². The summed E-state index contributed by atoms with van der Waals surface area (Å²) in [6, 6.07) is 4.22. The number of hydrogen-bond donors (Lipinski definition) is 1. The summed E-state index contributed by atoms with van der Waals surface area (Å²) in [6.45, 7) is 7.58. The van der Waals surface area contributed by atoms with Crippen molar-refractivity contribution in [2.75, 3.05) is 39.4 Å². The average Bonchev–Trinajstić information content (AvgIpc) is 2.61. The molecule has 0 spiro atoms. The van der Waals surface area contributed by atoms with Gasteiger partial charge in [-0.25, -0.2) is 4.99 Å². The van der Waals surface area contributed by atoms with E-state index >= 15 is 0 Å². The van der Waals surface area contributed by atoms with Gasteiger partial charge in [0, 0.05) is 25.2 Å². The molecule has 150 valence electrons. The number of nitrogens with one attached hydrogen (secondary N) is 1. The largest absolute Gasteiger partial charge is 0.462 e. The van der Waals surface area contributed by atoms with Gasteiger partial charge in [0.25, 0.3) is 11.9 Å². The Morgan fingerprint density at radius 2 is 2.04 bits per heavy atom.